The van der Waals surface area contributed by atoms with Crippen LogP contribution >= 0.6 is 0 Å². The molecular formula is C12H14N4O. The summed E-state index contributed by atoms with van der Waals surface area (Å²) in [4.78, 5) is 14.9. The van der Waals surface area contributed by atoms with Crippen molar-refractivity contribution in [1.29, 1.82) is 0 Å². The predicted molar refractivity (Wildman–Crippen MR) is 64.8 cm³/mol. The molecule has 1 fully saturated rings. The fourth-order valence-electron chi connectivity index (χ4n) is 2.21. The van der Waals surface area contributed by atoms with Crippen LogP contribution in [0.3, 0.4) is 0 Å². The van der Waals surface area contributed by atoms with Crippen molar-refractivity contribution in [2.75, 3.05) is 18.0 Å². The van der Waals surface area contributed by atoms with Gasteiger partial charge in [0.2, 0.25) is 0 Å². The minimum absolute atomic E-state index is 0.169. The highest BCUT2D eigenvalue weighted by atomic mass is 16.3. The lowest BCUT2D eigenvalue weighted by molar-refractivity contribution is 0.145. The number of aliphatic hydroxyl groups is 1. The molecule has 0 atom stereocenters. The number of nitrogens with zero attached hydrogens (tertiary/aromatic N) is 4. The molecule has 0 aromatic carbocycles. The van der Waals surface area contributed by atoms with Gasteiger partial charge in [0, 0.05) is 19.3 Å². The van der Waals surface area contributed by atoms with Crippen LogP contribution in [0.4, 0.5) is 5.82 Å². The normalized spacial score (nSPS) is 17.6. The molecule has 5 nitrogen and oxygen atoms in total. The van der Waals surface area contributed by atoms with E-state index in [1.165, 1.54) is 0 Å². The van der Waals surface area contributed by atoms with Crippen LogP contribution in [0.5, 0.6) is 0 Å². The molecule has 17 heavy (non-hydrogen) atoms. The van der Waals surface area contributed by atoms with Gasteiger partial charge < -0.3 is 10.0 Å². The highest BCUT2D eigenvalue weighted by Gasteiger charge is 2.19. The van der Waals surface area contributed by atoms with Crippen molar-refractivity contribution in [3.63, 3.8) is 0 Å². The van der Waals surface area contributed by atoms with E-state index in [1.54, 1.807) is 12.5 Å². The molecule has 2 aromatic heterocycles. The van der Waals surface area contributed by atoms with Gasteiger partial charge in [0.1, 0.15) is 12.1 Å². The Kier molecular flexibility index (Phi) is 2.60. The molecule has 0 radical (unpaired) electrons. The molecular weight excluding hydrogens is 216 g/mol. The van der Waals surface area contributed by atoms with Gasteiger partial charge in [-0.2, -0.15) is 0 Å². The van der Waals surface area contributed by atoms with Crippen LogP contribution in [0.15, 0.2) is 24.7 Å². The van der Waals surface area contributed by atoms with E-state index in [9.17, 15) is 5.11 Å². The number of pyridine rings is 1. The van der Waals surface area contributed by atoms with Gasteiger partial charge in [-0.05, 0) is 25.0 Å². The van der Waals surface area contributed by atoms with Crippen LogP contribution in [0.25, 0.3) is 11.0 Å². The molecule has 1 aliphatic heterocycles. The Bertz CT molecular complexity index is 517. The maximum atomic E-state index is 9.52. The number of fused-ring (bicyclic) bond motifs is 1. The third kappa shape index (κ3) is 1.93. The van der Waals surface area contributed by atoms with Crippen molar-refractivity contribution >= 4 is 16.9 Å². The molecule has 0 aliphatic carbocycles. The summed E-state index contributed by atoms with van der Waals surface area (Å²) in [5.41, 5.74) is 0.726. The predicted octanol–water partition coefficient (Wildman–Crippen LogP) is 0.986. The van der Waals surface area contributed by atoms with Crippen LogP contribution in [0.1, 0.15) is 12.8 Å². The first-order chi connectivity index (χ1) is 8.34. The second kappa shape index (κ2) is 4.25. The molecule has 0 unspecified atom stereocenters. The van der Waals surface area contributed by atoms with Crippen molar-refractivity contribution < 1.29 is 5.11 Å². The lowest BCUT2D eigenvalue weighted by Gasteiger charge is -2.30. The molecule has 88 valence electrons. The van der Waals surface area contributed by atoms with E-state index < -0.39 is 0 Å². The summed E-state index contributed by atoms with van der Waals surface area (Å²) in [5, 5.41) is 10.5. The average molecular weight is 230 g/mol. The maximum absolute atomic E-state index is 9.52. The number of hydrogen-bond acceptors (Lipinski definition) is 5. The van der Waals surface area contributed by atoms with Gasteiger partial charge in [-0.3, -0.25) is 0 Å². The smallest absolute Gasteiger partial charge is 0.164 e. The number of aliphatic hydroxyl groups excluding tert-OH is 1. The molecule has 0 bridgehead atoms. The summed E-state index contributed by atoms with van der Waals surface area (Å²) >= 11 is 0. The number of piperidine rings is 1. The Labute approximate surface area is 99.1 Å². The van der Waals surface area contributed by atoms with E-state index in [-0.39, 0.29) is 6.10 Å². The van der Waals surface area contributed by atoms with Crippen LogP contribution in [0.2, 0.25) is 0 Å². The number of hydrogen-bond donors (Lipinski definition) is 1. The Morgan fingerprint density at radius 1 is 1.18 bits per heavy atom. The van der Waals surface area contributed by atoms with Crippen LogP contribution in [-0.4, -0.2) is 39.3 Å². The Morgan fingerprint density at radius 3 is 2.82 bits per heavy atom. The van der Waals surface area contributed by atoms with Crippen molar-refractivity contribution in [3.05, 3.63) is 24.7 Å². The molecule has 2 aromatic rings. The van der Waals surface area contributed by atoms with Crippen LogP contribution in [-0.2, 0) is 0 Å². The Hall–Kier alpha value is -1.75. The Balaban J connectivity index is 2.00. The topological polar surface area (TPSA) is 62.1 Å². The first-order valence-electron chi connectivity index (χ1n) is 5.83. The maximum Gasteiger partial charge on any atom is 0.164 e. The van der Waals surface area contributed by atoms with Gasteiger partial charge in [-0.1, -0.05) is 0 Å². The van der Waals surface area contributed by atoms with E-state index in [4.69, 9.17) is 0 Å². The van der Waals surface area contributed by atoms with Crippen LogP contribution in [0, 0.1) is 0 Å². The van der Waals surface area contributed by atoms with E-state index in [0.29, 0.717) is 0 Å². The quantitative estimate of drug-likeness (QED) is 0.791. The van der Waals surface area contributed by atoms with Crippen LogP contribution < -0.4 is 4.90 Å². The number of aromatic nitrogens is 3. The number of rotatable bonds is 1. The SMILES string of the molecule is OC1CCN(c2ncnc3ncccc23)CC1. The lowest BCUT2D eigenvalue weighted by Crippen LogP contribution is -2.36. The zero-order valence-corrected chi connectivity index (χ0v) is 9.45. The van der Waals surface area contributed by atoms with E-state index in [2.05, 4.69) is 19.9 Å². The van der Waals surface area contributed by atoms with E-state index in [0.717, 1.165) is 42.8 Å². The molecule has 3 heterocycles. The summed E-state index contributed by atoms with van der Waals surface area (Å²) in [6.45, 7) is 1.67. The Morgan fingerprint density at radius 2 is 2.00 bits per heavy atom. The van der Waals surface area contributed by atoms with E-state index >= 15 is 0 Å². The largest absolute Gasteiger partial charge is 0.393 e. The lowest BCUT2D eigenvalue weighted by atomic mass is 10.1. The first-order valence-corrected chi connectivity index (χ1v) is 5.83. The van der Waals surface area contributed by atoms with Gasteiger partial charge in [-0.25, -0.2) is 15.0 Å². The monoisotopic (exact) mass is 230 g/mol. The van der Waals surface area contributed by atoms with E-state index in [1.807, 2.05) is 12.1 Å². The second-order valence-electron chi connectivity index (χ2n) is 4.29. The van der Waals surface area contributed by atoms with Gasteiger partial charge in [-0.15, -0.1) is 0 Å². The van der Waals surface area contributed by atoms with Gasteiger partial charge in [0.05, 0.1) is 11.5 Å². The molecule has 0 spiro atoms. The zero-order chi connectivity index (χ0) is 11.7. The fourth-order valence-corrected chi connectivity index (χ4v) is 2.21. The number of anilines is 1. The van der Waals surface area contributed by atoms with Crippen molar-refractivity contribution in [2.24, 2.45) is 0 Å². The highest BCUT2D eigenvalue weighted by molar-refractivity contribution is 5.86. The summed E-state index contributed by atoms with van der Waals surface area (Å²) in [6, 6.07) is 3.89. The summed E-state index contributed by atoms with van der Waals surface area (Å²) in [7, 11) is 0. The summed E-state index contributed by atoms with van der Waals surface area (Å²) < 4.78 is 0. The van der Waals surface area contributed by atoms with Gasteiger partial charge >= 0.3 is 0 Å². The van der Waals surface area contributed by atoms with Crippen molar-refractivity contribution in [3.8, 4) is 0 Å². The minimum atomic E-state index is -0.169. The third-order valence-corrected chi connectivity index (χ3v) is 3.15. The molecule has 0 saturated carbocycles. The highest BCUT2D eigenvalue weighted by Crippen LogP contribution is 2.24. The third-order valence-electron chi connectivity index (χ3n) is 3.15. The van der Waals surface area contributed by atoms with Gasteiger partial charge in [0.15, 0.2) is 5.65 Å². The molecule has 1 N–H and O–H groups in total. The molecule has 1 aliphatic rings. The second-order valence-corrected chi connectivity index (χ2v) is 4.29. The molecule has 0 amide bonds. The fraction of sp³-hybridized carbons (Fsp3) is 0.417. The standard InChI is InChI=1S/C12H14N4O/c17-9-3-6-16(7-4-9)12-10-2-1-5-13-11(10)14-8-15-12/h1-2,5,8-9,17H,3-4,6-7H2. The zero-order valence-electron chi connectivity index (χ0n) is 9.45. The molecule has 5 heteroatoms. The molecule has 3 rings (SSSR count). The summed E-state index contributed by atoms with van der Waals surface area (Å²) in [5.74, 6) is 0.926. The molecule has 1 saturated heterocycles. The van der Waals surface area contributed by atoms with Crippen molar-refractivity contribution in [1.82, 2.24) is 15.0 Å². The first kappa shape index (κ1) is 10.4. The van der Waals surface area contributed by atoms with Gasteiger partial charge in [0.25, 0.3) is 0 Å². The minimum Gasteiger partial charge on any atom is -0.393 e. The van der Waals surface area contributed by atoms with Crippen molar-refractivity contribution in [2.45, 2.75) is 18.9 Å². The summed E-state index contributed by atoms with van der Waals surface area (Å²) in [6.07, 6.45) is 4.71. The average Bonchev–Trinajstić information content (AvgIpc) is 2.39.